The second-order valence-corrected chi connectivity index (χ2v) is 5.76. The van der Waals surface area contributed by atoms with E-state index in [2.05, 4.69) is 32.2 Å². The molecule has 0 unspecified atom stereocenters. The molecule has 0 aliphatic carbocycles. The summed E-state index contributed by atoms with van der Waals surface area (Å²) < 4.78 is 10.6. The molecule has 0 amide bonds. The van der Waals surface area contributed by atoms with Crippen LogP contribution in [0.3, 0.4) is 0 Å². The van der Waals surface area contributed by atoms with Crippen LogP contribution in [0.1, 0.15) is 32.8 Å². The number of ether oxygens (including phenoxy) is 2. The van der Waals surface area contributed by atoms with Crippen LogP contribution >= 0.6 is 11.6 Å². The topological polar surface area (TPSA) is 30.5 Å². The Kier molecular flexibility index (Phi) is 7.62. The van der Waals surface area contributed by atoms with Gasteiger partial charge in [0.05, 0.1) is 19.2 Å². The van der Waals surface area contributed by atoms with Crippen LogP contribution < -0.4 is 14.8 Å². The highest BCUT2D eigenvalue weighted by atomic mass is 35.5. The van der Waals surface area contributed by atoms with Gasteiger partial charge in [-0.25, -0.2) is 0 Å². The minimum atomic E-state index is 0.582. The number of methoxy groups -OCH3 is 2. The summed E-state index contributed by atoms with van der Waals surface area (Å²) in [4.78, 5) is 0. The molecule has 0 bridgehead atoms. The minimum absolute atomic E-state index is 0.582. The zero-order valence-corrected chi connectivity index (χ0v) is 14.4. The number of nitrogens with one attached hydrogen (secondary N) is 1. The van der Waals surface area contributed by atoms with E-state index in [1.807, 2.05) is 12.1 Å². The fraction of sp³-hybridized carbons (Fsp3) is 0.529. The number of hydrogen-bond acceptors (Lipinski definition) is 3. The smallest absolute Gasteiger partial charge is 0.179 e. The first kappa shape index (κ1) is 17.9. The lowest BCUT2D eigenvalue weighted by Gasteiger charge is -2.13. The zero-order chi connectivity index (χ0) is 15.8. The van der Waals surface area contributed by atoms with Gasteiger partial charge in [-0.15, -0.1) is 0 Å². The maximum Gasteiger partial charge on any atom is 0.179 e. The van der Waals surface area contributed by atoms with Crippen LogP contribution in [0.2, 0.25) is 5.02 Å². The van der Waals surface area contributed by atoms with Crippen LogP contribution in [-0.2, 0) is 0 Å². The van der Waals surface area contributed by atoms with Crippen LogP contribution in [0.5, 0.6) is 11.5 Å². The Balaban J connectivity index is 2.95. The van der Waals surface area contributed by atoms with E-state index in [0.717, 1.165) is 25.1 Å². The molecule has 0 heterocycles. The van der Waals surface area contributed by atoms with Gasteiger partial charge in [0.1, 0.15) is 0 Å². The van der Waals surface area contributed by atoms with Gasteiger partial charge in [0.25, 0.3) is 0 Å². The third-order valence-electron chi connectivity index (χ3n) is 3.23. The molecule has 0 saturated heterocycles. The highest BCUT2D eigenvalue weighted by molar-refractivity contribution is 6.33. The van der Waals surface area contributed by atoms with Crippen molar-refractivity contribution in [2.24, 2.45) is 5.92 Å². The van der Waals surface area contributed by atoms with Crippen molar-refractivity contribution in [3.63, 3.8) is 0 Å². The minimum Gasteiger partial charge on any atom is -0.493 e. The molecule has 0 fully saturated rings. The van der Waals surface area contributed by atoms with E-state index in [9.17, 15) is 0 Å². The molecule has 0 aromatic heterocycles. The fourth-order valence-corrected chi connectivity index (χ4v) is 2.32. The Morgan fingerprint density at radius 1 is 1.29 bits per heavy atom. The van der Waals surface area contributed by atoms with Crippen LogP contribution in [0.25, 0.3) is 6.08 Å². The fourth-order valence-electron chi connectivity index (χ4n) is 2.04. The molecule has 0 saturated carbocycles. The van der Waals surface area contributed by atoms with Crippen molar-refractivity contribution in [1.29, 1.82) is 0 Å². The van der Waals surface area contributed by atoms with Crippen molar-refractivity contribution < 1.29 is 9.47 Å². The van der Waals surface area contributed by atoms with Gasteiger partial charge in [-0.1, -0.05) is 44.0 Å². The van der Waals surface area contributed by atoms with E-state index in [1.54, 1.807) is 14.2 Å². The summed E-state index contributed by atoms with van der Waals surface area (Å²) in [5.41, 5.74) is 2.27. The normalized spacial score (nSPS) is 11.9. The van der Waals surface area contributed by atoms with E-state index in [-0.39, 0.29) is 0 Å². The molecular weight excluding hydrogens is 286 g/mol. The van der Waals surface area contributed by atoms with Gasteiger partial charge in [-0.2, -0.15) is 0 Å². The highest BCUT2D eigenvalue weighted by Gasteiger charge is 2.12. The van der Waals surface area contributed by atoms with Gasteiger partial charge in [0, 0.05) is 6.54 Å². The third kappa shape index (κ3) is 5.25. The van der Waals surface area contributed by atoms with Crippen LogP contribution in [-0.4, -0.2) is 27.3 Å². The van der Waals surface area contributed by atoms with Gasteiger partial charge in [0.15, 0.2) is 11.5 Å². The zero-order valence-electron chi connectivity index (χ0n) is 13.6. The number of hydrogen-bond donors (Lipinski definition) is 1. The first-order chi connectivity index (χ1) is 10.0. The van der Waals surface area contributed by atoms with Crippen molar-refractivity contribution in [1.82, 2.24) is 5.32 Å². The molecule has 4 heteroatoms. The average Bonchev–Trinajstić information content (AvgIpc) is 2.47. The van der Waals surface area contributed by atoms with Gasteiger partial charge < -0.3 is 14.8 Å². The van der Waals surface area contributed by atoms with Crippen molar-refractivity contribution in [2.75, 3.05) is 27.3 Å². The lowest BCUT2D eigenvalue weighted by molar-refractivity contribution is 0.355. The van der Waals surface area contributed by atoms with Crippen molar-refractivity contribution in [3.05, 3.63) is 28.3 Å². The lowest BCUT2D eigenvalue weighted by atomic mass is 10.1. The molecule has 1 aromatic carbocycles. The molecule has 3 nitrogen and oxygen atoms in total. The summed E-state index contributed by atoms with van der Waals surface area (Å²) in [6.07, 6.45) is 3.10. The predicted molar refractivity (Wildman–Crippen MR) is 90.5 cm³/mol. The van der Waals surface area contributed by atoms with Crippen LogP contribution in [0, 0.1) is 5.92 Å². The highest BCUT2D eigenvalue weighted by Crippen LogP contribution is 2.38. The first-order valence-electron chi connectivity index (χ1n) is 7.34. The Morgan fingerprint density at radius 2 is 2.00 bits per heavy atom. The Labute approximate surface area is 133 Å². The van der Waals surface area contributed by atoms with E-state index in [0.29, 0.717) is 22.4 Å². The summed E-state index contributed by atoms with van der Waals surface area (Å²) in [5.74, 6) is 1.88. The van der Waals surface area contributed by atoms with Gasteiger partial charge >= 0.3 is 0 Å². The summed E-state index contributed by atoms with van der Waals surface area (Å²) in [7, 11) is 3.21. The molecule has 1 aromatic rings. The van der Waals surface area contributed by atoms with Gasteiger partial charge in [-0.3, -0.25) is 0 Å². The molecule has 118 valence electrons. The van der Waals surface area contributed by atoms with Crippen LogP contribution in [0.15, 0.2) is 17.7 Å². The van der Waals surface area contributed by atoms with Crippen molar-refractivity contribution >= 4 is 17.7 Å². The second kappa shape index (κ2) is 8.96. The molecule has 0 aliphatic rings. The SMILES string of the molecule is CCC(=Cc1ccc(OC)c(OC)c1Cl)CNCC(C)C. The van der Waals surface area contributed by atoms with E-state index in [1.165, 1.54) is 5.57 Å². The Morgan fingerprint density at radius 3 is 2.52 bits per heavy atom. The maximum atomic E-state index is 6.41. The molecule has 1 N–H and O–H groups in total. The number of halogens is 1. The molecule has 21 heavy (non-hydrogen) atoms. The largest absolute Gasteiger partial charge is 0.493 e. The molecule has 0 spiro atoms. The molecule has 1 rings (SSSR count). The Bertz CT molecular complexity index is 484. The summed E-state index contributed by atoms with van der Waals surface area (Å²) in [5, 5.41) is 4.05. The molecule has 0 radical (unpaired) electrons. The summed E-state index contributed by atoms with van der Waals surface area (Å²) >= 11 is 6.41. The molecule has 0 aliphatic heterocycles. The molecular formula is C17H26ClNO2. The van der Waals surface area contributed by atoms with Crippen LogP contribution in [0.4, 0.5) is 0 Å². The summed E-state index contributed by atoms with van der Waals surface area (Å²) in [6, 6.07) is 3.84. The lowest BCUT2D eigenvalue weighted by Crippen LogP contribution is -2.21. The first-order valence-corrected chi connectivity index (χ1v) is 7.71. The predicted octanol–water partition coefficient (Wildman–Crippen LogP) is 4.40. The van der Waals surface area contributed by atoms with E-state index in [4.69, 9.17) is 21.1 Å². The standard InChI is InChI=1S/C17H26ClNO2/c1-6-13(11-19-10-12(2)3)9-14-7-8-15(20-4)17(21-5)16(14)18/h7-9,12,19H,6,10-11H2,1-5H3. The monoisotopic (exact) mass is 311 g/mol. The second-order valence-electron chi connectivity index (χ2n) is 5.39. The average molecular weight is 312 g/mol. The third-order valence-corrected chi connectivity index (χ3v) is 3.62. The van der Waals surface area contributed by atoms with E-state index >= 15 is 0 Å². The Hall–Kier alpha value is -1.19. The van der Waals surface area contributed by atoms with Gasteiger partial charge in [-0.05, 0) is 36.6 Å². The van der Waals surface area contributed by atoms with Gasteiger partial charge in [0.2, 0.25) is 0 Å². The molecule has 0 atom stereocenters. The number of rotatable bonds is 8. The van der Waals surface area contributed by atoms with Crippen molar-refractivity contribution in [2.45, 2.75) is 27.2 Å². The quantitative estimate of drug-likeness (QED) is 0.772. The maximum absolute atomic E-state index is 6.41. The van der Waals surface area contributed by atoms with E-state index < -0.39 is 0 Å². The van der Waals surface area contributed by atoms with Crippen molar-refractivity contribution in [3.8, 4) is 11.5 Å². The summed E-state index contributed by atoms with van der Waals surface area (Å²) in [6.45, 7) is 8.44. The number of benzene rings is 1.